The molecule has 1 rings (SSSR count). The molecule has 31 heavy (non-hydrogen) atoms. The lowest BCUT2D eigenvalue weighted by atomic mass is 10.1. The molecule has 1 aromatic carbocycles. The van der Waals surface area contributed by atoms with E-state index < -0.39 is 23.3 Å². The van der Waals surface area contributed by atoms with Gasteiger partial charge in [0.25, 0.3) is 0 Å². The van der Waals surface area contributed by atoms with Crippen molar-refractivity contribution < 1.29 is 27.5 Å². The molecule has 0 saturated carbocycles. The minimum atomic E-state index is -4.44. The Kier molecular flexibility index (Phi) is 11.9. The second kappa shape index (κ2) is 12.7. The molecule has 0 spiro atoms. The zero-order chi connectivity index (χ0) is 22.9. The first-order chi connectivity index (χ1) is 13.8. The van der Waals surface area contributed by atoms with Crippen molar-refractivity contribution in [1.82, 2.24) is 15.5 Å². The molecular weight excluding hydrogens is 528 g/mol. The summed E-state index contributed by atoms with van der Waals surface area (Å²) in [6.45, 7) is 5.35. The molecule has 0 aromatic heterocycles. The van der Waals surface area contributed by atoms with Crippen molar-refractivity contribution >= 4 is 41.8 Å². The molecule has 11 heteroatoms. The number of likely N-dealkylation sites (N-methyl/N-ethyl adjacent to an activating group) is 1. The number of benzene rings is 1. The number of carbonyl (C=O) groups is 2. The topological polar surface area (TPSA) is 83.0 Å². The zero-order valence-electron chi connectivity index (χ0n) is 18.3. The summed E-state index contributed by atoms with van der Waals surface area (Å²) in [5.74, 6) is -0.418. The zero-order valence-corrected chi connectivity index (χ0v) is 20.6. The van der Waals surface area contributed by atoms with Crippen LogP contribution in [0.3, 0.4) is 0 Å². The SMILES string of the molecule is CN(C)C(=O)CNC(=NCc1cccc(C(F)(F)F)c1)NCCC(=O)OC(C)(C)C.I. The van der Waals surface area contributed by atoms with Crippen LogP contribution < -0.4 is 10.6 Å². The molecule has 0 fully saturated rings. The molecule has 0 aliphatic carbocycles. The Morgan fingerprint density at radius 1 is 1.13 bits per heavy atom. The molecule has 0 unspecified atom stereocenters. The fourth-order valence-electron chi connectivity index (χ4n) is 2.18. The molecule has 7 nitrogen and oxygen atoms in total. The molecule has 0 bridgehead atoms. The predicted octanol–water partition coefficient (Wildman–Crippen LogP) is 3.18. The summed E-state index contributed by atoms with van der Waals surface area (Å²) in [4.78, 5) is 29.2. The van der Waals surface area contributed by atoms with Crippen LogP contribution in [0.5, 0.6) is 0 Å². The number of esters is 1. The molecule has 176 valence electrons. The van der Waals surface area contributed by atoms with Gasteiger partial charge in [-0.2, -0.15) is 13.2 Å². The second-order valence-electron chi connectivity index (χ2n) is 7.77. The van der Waals surface area contributed by atoms with Gasteiger partial charge in [-0.15, -0.1) is 24.0 Å². The fraction of sp³-hybridized carbons (Fsp3) is 0.550. The van der Waals surface area contributed by atoms with E-state index in [2.05, 4.69) is 15.6 Å². The first-order valence-corrected chi connectivity index (χ1v) is 9.38. The van der Waals surface area contributed by atoms with E-state index in [1.165, 1.54) is 17.0 Å². The van der Waals surface area contributed by atoms with E-state index in [1.54, 1.807) is 34.9 Å². The number of hydrogen-bond acceptors (Lipinski definition) is 4. The third-order valence-corrected chi connectivity index (χ3v) is 3.62. The van der Waals surface area contributed by atoms with Crippen molar-refractivity contribution in [1.29, 1.82) is 0 Å². The molecule has 2 N–H and O–H groups in total. The smallest absolute Gasteiger partial charge is 0.416 e. The van der Waals surface area contributed by atoms with E-state index >= 15 is 0 Å². The van der Waals surface area contributed by atoms with Crippen LogP contribution in [-0.4, -0.2) is 55.5 Å². The van der Waals surface area contributed by atoms with Gasteiger partial charge in [0.1, 0.15) is 5.60 Å². The Morgan fingerprint density at radius 3 is 2.32 bits per heavy atom. The van der Waals surface area contributed by atoms with Gasteiger partial charge in [0.2, 0.25) is 5.91 Å². The molecule has 0 atom stereocenters. The average molecular weight is 558 g/mol. The molecule has 0 aliphatic heterocycles. The summed E-state index contributed by atoms with van der Waals surface area (Å²) in [6.07, 6.45) is -4.38. The molecular formula is C20H30F3IN4O3. The van der Waals surface area contributed by atoms with Gasteiger partial charge in [0.05, 0.1) is 25.1 Å². The number of nitrogens with one attached hydrogen (secondary N) is 2. The summed E-state index contributed by atoms with van der Waals surface area (Å²) >= 11 is 0. The highest BCUT2D eigenvalue weighted by atomic mass is 127. The number of rotatable bonds is 7. The lowest BCUT2D eigenvalue weighted by Gasteiger charge is -2.20. The highest BCUT2D eigenvalue weighted by Crippen LogP contribution is 2.29. The highest BCUT2D eigenvalue weighted by molar-refractivity contribution is 14.0. The second-order valence-corrected chi connectivity index (χ2v) is 7.77. The van der Waals surface area contributed by atoms with Crippen molar-refractivity contribution in [3.63, 3.8) is 0 Å². The van der Waals surface area contributed by atoms with Gasteiger partial charge in [0.15, 0.2) is 5.96 Å². The maximum Gasteiger partial charge on any atom is 0.416 e. The summed E-state index contributed by atoms with van der Waals surface area (Å²) in [7, 11) is 3.19. The van der Waals surface area contributed by atoms with Crippen LogP contribution in [0, 0.1) is 0 Å². The minimum absolute atomic E-state index is 0. The van der Waals surface area contributed by atoms with E-state index in [4.69, 9.17) is 4.74 Å². The van der Waals surface area contributed by atoms with E-state index in [-0.39, 0.29) is 61.9 Å². The standard InChI is InChI=1S/C20H29F3N4O3.HI/c1-19(2,3)30-17(29)9-10-24-18(26-13-16(28)27(4)5)25-12-14-7-6-8-15(11-14)20(21,22)23;/h6-8,11H,9-10,12-13H2,1-5H3,(H2,24,25,26);1H. The van der Waals surface area contributed by atoms with Crippen molar-refractivity contribution in [2.45, 2.75) is 45.5 Å². The van der Waals surface area contributed by atoms with Crippen LogP contribution in [0.1, 0.15) is 38.3 Å². The minimum Gasteiger partial charge on any atom is -0.460 e. The van der Waals surface area contributed by atoms with Crippen molar-refractivity contribution in [2.24, 2.45) is 4.99 Å². The summed E-state index contributed by atoms with van der Waals surface area (Å²) < 4.78 is 43.8. The molecule has 0 aliphatic rings. The van der Waals surface area contributed by atoms with Crippen LogP contribution in [0.25, 0.3) is 0 Å². The van der Waals surface area contributed by atoms with Crippen molar-refractivity contribution in [3.8, 4) is 0 Å². The van der Waals surface area contributed by atoms with Crippen LogP contribution in [-0.2, 0) is 27.0 Å². The molecule has 1 amide bonds. The molecule has 0 radical (unpaired) electrons. The number of ether oxygens (including phenoxy) is 1. The first kappa shape index (κ1) is 28.9. The summed E-state index contributed by atoms with van der Waals surface area (Å²) in [5, 5.41) is 5.70. The van der Waals surface area contributed by atoms with Crippen molar-refractivity contribution in [2.75, 3.05) is 27.2 Å². The number of amides is 1. The van der Waals surface area contributed by atoms with Gasteiger partial charge in [-0.1, -0.05) is 12.1 Å². The number of guanidine groups is 1. The van der Waals surface area contributed by atoms with Gasteiger partial charge in [-0.05, 0) is 38.5 Å². The highest BCUT2D eigenvalue weighted by Gasteiger charge is 2.30. The van der Waals surface area contributed by atoms with Gasteiger partial charge in [-0.25, -0.2) is 4.99 Å². The van der Waals surface area contributed by atoms with Crippen LogP contribution in [0.15, 0.2) is 29.3 Å². The summed E-state index contributed by atoms with van der Waals surface area (Å²) in [6, 6.07) is 4.85. The quantitative estimate of drug-likeness (QED) is 0.233. The lowest BCUT2D eigenvalue weighted by molar-refractivity contribution is -0.154. The van der Waals surface area contributed by atoms with Gasteiger partial charge < -0.3 is 20.3 Å². The number of carbonyl (C=O) groups excluding carboxylic acids is 2. The van der Waals surface area contributed by atoms with Gasteiger partial charge in [-0.3, -0.25) is 9.59 Å². The third kappa shape index (κ3) is 12.4. The predicted molar refractivity (Wildman–Crippen MR) is 123 cm³/mol. The van der Waals surface area contributed by atoms with Gasteiger partial charge in [0, 0.05) is 20.6 Å². The van der Waals surface area contributed by atoms with Crippen LogP contribution in [0.2, 0.25) is 0 Å². The first-order valence-electron chi connectivity index (χ1n) is 9.38. The molecule has 0 saturated heterocycles. The van der Waals surface area contributed by atoms with Crippen LogP contribution >= 0.6 is 24.0 Å². The maximum atomic E-state index is 12.9. The van der Waals surface area contributed by atoms with Crippen molar-refractivity contribution in [3.05, 3.63) is 35.4 Å². The monoisotopic (exact) mass is 558 g/mol. The number of aliphatic imine (C=N–C) groups is 1. The summed E-state index contributed by atoms with van der Waals surface area (Å²) in [5.41, 5.74) is -1.00. The maximum absolute atomic E-state index is 12.9. The fourth-order valence-corrected chi connectivity index (χ4v) is 2.18. The number of halogens is 4. The normalized spacial score (nSPS) is 11.9. The lowest BCUT2D eigenvalue weighted by Crippen LogP contribution is -2.43. The number of alkyl halides is 3. The Balaban J connectivity index is 0.00000900. The molecule has 0 heterocycles. The van der Waals surface area contributed by atoms with E-state index in [1.807, 2.05) is 0 Å². The molecule has 1 aromatic rings. The Morgan fingerprint density at radius 2 is 1.77 bits per heavy atom. The average Bonchev–Trinajstić information content (AvgIpc) is 2.61. The number of hydrogen-bond donors (Lipinski definition) is 2. The third-order valence-electron chi connectivity index (χ3n) is 3.62. The van der Waals surface area contributed by atoms with E-state index in [0.717, 1.165) is 12.1 Å². The van der Waals surface area contributed by atoms with E-state index in [9.17, 15) is 22.8 Å². The Labute approximate surface area is 197 Å². The Bertz CT molecular complexity index is 763. The van der Waals surface area contributed by atoms with Crippen LogP contribution in [0.4, 0.5) is 13.2 Å². The number of nitrogens with zero attached hydrogens (tertiary/aromatic N) is 2. The Hall–Kier alpha value is -2.05. The largest absolute Gasteiger partial charge is 0.460 e. The van der Waals surface area contributed by atoms with Gasteiger partial charge >= 0.3 is 12.1 Å². The van der Waals surface area contributed by atoms with E-state index in [0.29, 0.717) is 5.56 Å².